The van der Waals surface area contributed by atoms with Gasteiger partial charge in [-0.2, -0.15) is 0 Å². The summed E-state index contributed by atoms with van der Waals surface area (Å²) in [7, 11) is -1.23. The van der Waals surface area contributed by atoms with Crippen LogP contribution in [-0.2, 0) is 19.1 Å². The summed E-state index contributed by atoms with van der Waals surface area (Å²) < 4.78 is 8.28. The van der Waals surface area contributed by atoms with Gasteiger partial charge in [-0.1, -0.05) is 66.6 Å². The number of allylic oxidation sites excluding steroid dienone is 1. The van der Waals surface area contributed by atoms with Crippen molar-refractivity contribution in [2.24, 2.45) is 0 Å². The molecule has 0 spiro atoms. The molecule has 0 radical (unpaired) electrons. The summed E-state index contributed by atoms with van der Waals surface area (Å²) in [5.74, 6) is -0.864. The second kappa shape index (κ2) is 12.2. The number of carbonyl (C=O) groups is 2. The van der Waals surface area contributed by atoms with E-state index < -0.39 is 29.9 Å². The average molecular weight is 434 g/mol. The SMILES string of the molecule is C[Si](C)(C)CCOC(=O)C[C@H](O)CC=CCCC(=O)OCC(Cl)(Cl)Cl. The number of rotatable bonds is 11. The fraction of sp³-hybridized carbons (Fsp3) is 0.750. The molecule has 0 rings (SSSR count). The molecule has 0 bridgehead atoms. The normalized spacial score (nSPS) is 13.7. The standard InChI is InChI=1S/C16H27Cl3O5Si/c1-25(2,3)10-9-23-15(22)11-13(20)7-5-4-6-8-14(21)24-12-16(17,18)19/h4-5,13,20H,6-12H2,1-3H3/t13-/m1/s1. The van der Waals surface area contributed by atoms with E-state index in [2.05, 4.69) is 19.6 Å². The molecule has 0 saturated carbocycles. The lowest BCUT2D eigenvalue weighted by molar-refractivity contribution is -0.145. The number of carbonyl (C=O) groups excluding carboxylic acids is 2. The van der Waals surface area contributed by atoms with Crippen LogP contribution in [0.5, 0.6) is 0 Å². The molecule has 1 atom stereocenters. The second-order valence-corrected chi connectivity index (χ2v) is 15.0. The number of hydrogen-bond acceptors (Lipinski definition) is 5. The second-order valence-electron chi connectivity index (χ2n) is 6.91. The van der Waals surface area contributed by atoms with Crippen LogP contribution in [0.4, 0.5) is 0 Å². The van der Waals surface area contributed by atoms with Crippen molar-refractivity contribution in [2.75, 3.05) is 13.2 Å². The highest BCUT2D eigenvalue weighted by molar-refractivity contribution is 6.76. The van der Waals surface area contributed by atoms with Crippen LogP contribution in [0.3, 0.4) is 0 Å². The van der Waals surface area contributed by atoms with E-state index in [1.54, 1.807) is 12.2 Å². The lowest BCUT2D eigenvalue weighted by atomic mass is 10.1. The van der Waals surface area contributed by atoms with E-state index in [9.17, 15) is 14.7 Å². The van der Waals surface area contributed by atoms with E-state index in [4.69, 9.17) is 44.3 Å². The zero-order valence-corrected chi connectivity index (χ0v) is 18.2. The number of ether oxygens (including phenoxy) is 2. The van der Waals surface area contributed by atoms with Crippen LogP contribution in [0.25, 0.3) is 0 Å². The lowest BCUT2D eigenvalue weighted by Gasteiger charge is -2.15. The van der Waals surface area contributed by atoms with Gasteiger partial charge in [0, 0.05) is 14.5 Å². The first kappa shape index (κ1) is 24.7. The maximum Gasteiger partial charge on any atom is 0.308 e. The largest absolute Gasteiger partial charge is 0.466 e. The van der Waals surface area contributed by atoms with E-state index in [0.29, 0.717) is 19.4 Å². The Balaban J connectivity index is 3.80. The summed E-state index contributed by atoms with van der Waals surface area (Å²) in [5.41, 5.74) is 0. The number of aliphatic hydroxyl groups is 1. The summed E-state index contributed by atoms with van der Waals surface area (Å²) in [4.78, 5) is 22.9. The maximum atomic E-state index is 11.6. The van der Waals surface area contributed by atoms with E-state index in [1.165, 1.54) is 0 Å². The molecule has 0 heterocycles. The van der Waals surface area contributed by atoms with Crippen molar-refractivity contribution in [2.45, 2.75) is 61.3 Å². The van der Waals surface area contributed by atoms with Crippen LogP contribution < -0.4 is 0 Å². The maximum absolute atomic E-state index is 11.6. The molecule has 146 valence electrons. The van der Waals surface area contributed by atoms with Crippen molar-refractivity contribution in [1.82, 2.24) is 0 Å². The first-order chi connectivity index (χ1) is 11.4. The fourth-order valence-corrected chi connectivity index (χ4v) is 2.49. The molecule has 0 fully saturated rings. The number of alkyl halides is 3. The number of aliphatic hydroxyl groups excluding tert-OH is 1. The zero-order chi connectivity index (χ0) is 19.5. The van der Waals surface area contributed by atoms with Gasteiger partial charge in [-0.25, -0.2) is 0 Å². The Labute approximate surface area is 165 Å². The summed E-state index contributed by atoms with van der Waals surface area (Å²) in [5, 5.41) is 9.78. The van der Waals surface area contributed by atoms with Crippen LogP contribution >= 0.6 is 34.8 Å². The topological polar surface area (TPSA) is 72.8 Å². The van der Waals surface area contributed by atoms with E-state index in [1.807, 2.05) is 0 Å². The van der Waals surface area contributed by atoms with Gasteiger partial charge in [0.15, 0.2) is 0 Å². The quantitative estimate of drug-likeness (QED) is 0.228. The van der Waals surface area contributed by atoms with Gasteiger partial charge in [0.1, 0.15) is 6.61 Å². The molecule has 25 heavy (non-hydrogen) atoms. The predicted molar refractivity (Wildman–Crippen MR) is 104 cm³/mol. The van der Waals surface area contributed by atoms with Crippen molar-refractivity contribution in [1.29, 1.82) is 0 Å². The molecule has 9 heteroatoms. The minimum Gasteiger partial charge on any atom is -0.466 e. The monoisotopic (exact) mass is 432 g/mol. The van der Waals surface area contributed by atoms with E-state index in [0.717, 1.165) is 6.04 Å². The van der Waals surface area contributed by atoms with Crippen molar-refractivity contribution in [3.63, 3.8) is 0 Å². The first-order valence-corrected chi connectivity index (χ1v) is 12.9. The Morgan fingerprint density at radius 2 is 1.76 bits per heavy atom. The van der Waals surface area contributed by atoms with Gasteiger partial charge in [-0.3, -0.25) is 9.59 Å². The Kier molecular flexibility index (Phi) is 12.0. The van der Waals surface area contributed by atoms with Crippen LogP contribution in [0.15, 0.2) is 12.2 Å². The van der Waals surface area contributed by atoms with Crippen molar-refractivity contribution in [3.8, 4) is 0 Å². The number of hydrogen-bond donors (Lipinski definition) is 1. The summed E-state index contributed by atoms with van der Waals surface area (Å²) in [6.07, 6.45) is 3.50. The first-order valence-electron chi connectivity index (χ1n) is 8.10. The van der Waals surface area contributed by atoms with E-state index in [-0.39, 0.29) is 19.4 Å². The van der Waals surface area contributed by atoms with Crippen LogP contribution in [0.1, 0.15) is 25.7 Å². The van der Waals surface area contributed by atoms with Gasteiger partial charge >= 0.3 is 11.9 Å². The molecule has 0 aliphatic rings. The third-order valence-corrected chi connectivity index (χ3v) is 5.04. The van der Waals surface area contributed by atoms with Gasteiger partial charge in [-0.15, -0.1) is 0 Å². The van der Waals surface area contributed by atoms with Gasteiger partial charge < -0.3 is 14.6 Å². The molecule has 0 aromatic carbocycles. The Morgan fingerprint density at radius 3 is 2.32 bits per heavy atom. The molecule has 5 nitrogen and oxygen atoms in total. The van der Waals surface area contributed by atoms with E-state index >= 15 is 0 Å². The molecule has 0 saturated heterocycles. The molecule has 0 amide bonds. The van der Waals surface area contributed by atoms with Gasteiger partial charge in [0.05, 0.1) is 19.1 Å². The number of halogens is 3. The molecule has 0 aromatic heterocycles. The Bertz CT molecular complexity index is 444. The fourth-order valence-electron chi connectivity index (χ4n) is 1.61. The Morgan fingerprint density at radius 1 is 1.12 bits per heavy atom. The summed E-state index contributed by atoms with van der Waals surface area (Å²) >= 11 is 16.4. The third kappa shape index (κ3) is 18.3. The van der Waals surface area contributed by atoms with Crippen molar-refractivity contribution >= 4 is 54.8 Å². The van der Waals surface area contributed by atoms with Gasteiger partial charge in [-0.05, 0) is 18.9 Å². The molecule has 0 unspecified atom stereocenters. The van der Waals surface area contributed by atoms with Crippen LogP contribution in [-0.4, -0.2) is 48.2 Å². The highest BCUT2D eigenvalue weighted by Crippen LogP contribution is 2.26. The molecule has 0 aliphatic heterocycles. The summed E-state index contributed by atoms with van der Waals surface area (Å²) in [6.45, 7) is 6.72. The highest BCUT2D eigenvalue weighted by Gasteiger charge is 2.21. The van der Waals surface area contributed by atoms with Crippen molar-refractivity contribution < 1.29 is 24.2 Å². The minimum atomic E-state index is -1.61. The van der Waals surface area contributed by atoms with Crippen molar-refractivity contribution in [3.05, 3.63) is 12.2 Å². The third-order valence-electron chi connectivity index (χ3n) is 3.00. The Hall–Kier alpha value is -0.273. The minimum absolute atomic E-state index is 0.0403. The van der Waals surface area contributed by atoms with Crippen LogP contribution in [0, 0.1) is 0 Å². The number of esters is 2. The van der Waals surface area contributed by atoms with Gasteiger partial charge in [0.2, 0.25) is 3.79 Å². The predicted octanol–water partition coefficient (Wildman–Crippen LogP) is 4.26. The molecule has 1 N–H and O–H groups in total. The summed E-state index contributed by atoms with van der Waals surface area (Å²) in [6, 6.07) is 0.906. The zero-order valence-electron chi connectivity index (χ0n) is 14.9. The lowest BCUT2D eigenvalue weighted by Crippen LogP contribution is -2.23. The molecular weight excluding hydrogens is 407 g/mol. The average Bonchev–Trinajstić information content (AvgIpc) is 2.42. The molecule has 0 aromatic rings. The molecular formula is C16H27Cl3O5Si. The highest BCUT2D eigenvalue weighted by atomic mass is 35.6. The van der Waals surface area contributed by atoms with Crippen LogP contribution in [0.2, 0.25) is 25.7 Å². The van der Waals surface area contributed by atoms with Gasteiger partial charge in [0.25, 0.3) is 0 Å². The smallest absolute Gasteiger partial charge is 0.308 e. The molecule has 0 aliphatic carbocycles.